The van der Waals surface area contributed by atoms with Crippen LogP contribution in [0.1, 0.15) is 61.5 Å². The first-order valence-corrected chi connectivity index (χ1v) is 10.4. The Morgan fingerprint density at radius 1 is 1.31 bits per heavy atom. The molecular formula is C23H27F2N5O2. The third-order valence-electron chi connectivity index (χ3n) is 5.66. The Balaban J connectivity index is 2.00. The topological polar surface area (TPSA) is 112 Å². The number of hydrogen-bond donors (Lipinski definition) is 3. The van der Waals surface area contributed by atoms with Gasteiger partial charge >= 0.3 is 0 Å². The van der Waals surface area contributed by atoms with E-state index >= 15 is 0 Å². The molecule has 1 aliphatic heterocycles. The van der Waals surface area contributed by atoms with Gasteiger partial charge in [0.05, 0.1) is 18.3 Å². The number of hydrogen-bond acceptors (Lipinski definition) is 5. The standard InChI is InChI=1S/C23H27F2N5O2/c1-12(2)17-6-7-19(28-22(17)25)21(14-4-5-15(10-26)18(27)8-14)29-23(32)20-9-16(24)11-30(20)13(3)31/h4-8,10,12,16,20-21,26H,9,11,27H2,1-3H3,(H,29,32)/t16-,20+,21?/m1/s1. The Bertz CT molecular complexity index is 1040. The highest BCUT2D eigenvalue weighted by atomic mass is 19.1. The normalized spacial score (nSPS) is 19.1. The number of benzene rings is 1. The van der Waals surface area contributed by atoms with Crippen molar-refractivity contribution in [3.8, 4) is 0 Å². The largest absolute Gasteiger partial charge is 0.398 e. The lowest BCUT2D eigenvalue weighted by molar-refractivity contribution is -0.137. The fourth-order valence-electron chi connectivity index (χ4n) is 3.90. The lowest BCUT2D eigenvalue weighted by Gasteiger charge is -2.26. The molecule has 2 aromatic rings. The van der Waals surface area contributed by atoms with Crippen LogP contribution in [0.4, 0.5) is 14.5 Å². The Labute approximate surface area is 185 Å². The van der Waals surface area contributed by atoms with Crippen LogP contribution in [-0.2, 0) is 9.59 Å². The fraction of sp³-hybridized carbons (Fsp3) is 0.391. The van der Waals surface area contributed by atoms with Crippen molar-refractivity contribution in [3.63, 3.8) is 0 Å². The fourth-order valence-corrected chi connectivity index (χ4v) is 3.90. The van der Waals surface area contributed by atoms with E-state index in [2.05, 4.69) is 10.3 Å². The molecule has 1 aromatic heterocycles. The van der Waals surface area contributed by atoms with E-state index in [9.17, 15) is 18.4 Å². The van der Waals surface area contributed by atoms with Gasteiger partial charge in [-0.05, 0) is 23.6 Å². The first-order chi connectivity index (χ1) is 15.1. The molecule has 1 fully saturated rings. The van der Waals surface area contributed by atoms with Gasteiger partial charge in [-0.15, -0.1) is 0 Å². The molecule has 1 unspecified atom stereocenters. The summed E-state index contributed by atoms with van der Waals surface area (Å²) in [6, 6.07) is 6.25. The van der Waals surface area contributed by atoms with Crippen molar-refractivity contribution in [3.05, 3.63) is 58.7 Å². The van der Waals surface area contributed by atoms with Gasteiger partial charge in [-0.3, -0.25) is 9.59 Å². The number of rotatable bonds is 6. The lowest BCUT2D eigenvalue weighted by Crippen LogP contribution is -2.46. The van der Waals surface area contributed by atoms with Gasteiger partial charge in [-0.25, -0.2) is 9.37 Å². The van der Waals surface area contributed by atoms with Crippen LogP contribution in [0.15, 0.2) is 30.3 Å². The molecule has 1 aliphatic rings. The maximum Gasteiger partial charge on any atom is 0.243 e. The van der Waals surface area contributed by atoms with Crippen LogP contribution in [-0.4, -0.2) is 46.7 Å². The number of pyridine rings is 1. The van der Waals surface area contributed by atoms with Crippen LogP contribution in [0, 0.1) is 11.4 Å². The maximum atomic E-state index is 14.7. The predicted molar refractivity (Wildman–Crippen MR) is 118 cm³/mol. The average molecular weight is 443 g/mol. The van der Waals surface area contributed by atoms with Crippen molar-refractivity contribution in [2.75, 3.05) is 12.3 Å². The number of nitrogens with two attached hydrogens (primary N) is 1. The molecule has 7 nitrogen and oxygen atoms in total. The van der Waals surface area contributed by atoms with Gasteiger partial charge in [0, 0.05) is 36.4 Å². The summed E-state index contributed by atoms with van der Waals surface area (Å²) in [5.74, 6) is -1.67. The molecule has 4 N–H and O–H groups in total. The summed E-state index contributed by atoms with van der Waals surface area (Å²) in [6.07, 6.45) is -0.301. The molecule has 0 saturated carbocycles. The number of likely N-dealkylation sites (tertiary alicyclic amines) is 1. The van der Waals surface area contributed by atoms with Gasteiger partial charge in [0.25, 0.3) is 0 Å². The number of amides is 2. The molecule has 32 heavy (non-hydrogen) atoms. The van der Waals surface area contributed by atoms with Gasteiger partial charge in [0.2, 0.25) is 17.8 Å². The molecule has 9 heteroatoms. The minimum Gasteiger partial charge on any atom is -0.398 e. The Morgan fingerprint density at radius 2 is 2.03 bits per heavy atom. The number of nitrogen functional groups attached to an aromatic ring is 1. The molecule has 3 atom stereocenters. The molecule has 0 aliphatic carbocycles. The molecule has 1 aromatic carbocycles. The number of alkyl halides is 1. The summed E-state index contributed by atoms with van der Waals surface area (Å²) in [5, 5.41) is 10.2. The Morgan fingerprint density at radius 3 is 2.59 bits per heavy atom. The smallest absolute Gasteiger partial charge is 0.243 e. The third-order valence-corrected chi connectivity index (χ3v) is 5.66. The third kappa shape index (κ3) is 4.76. The second-order valence-corrected chi connectivity index (χ2v) is 8.27. The molecule has 2 amide bonds. The molecule has 0 radical (unpaired) electrons. The zero-order valence-corrected chi connectivity index (χ0v) is 18.2. The van der Waals surface area contributed by atoms with Gasteiger partial charge in [-0.1, -0.05) is 32.0 Å². The second-order valence-electron chi connectivity index (χ2n) is 8.27. The van der Waals surface area contributed by atoms with Gasteiger partial charge in [0.1, 0.15) is 12.2 Å². The van der Waals surface area contributed by atoms with Crippen LogP contribution in [0.25, 0.3) is 0 Å². The summed E-state index contributed by atoms with van der Waals surface area (Å²) >= 11 is 0. The quantitative estimate of drug-likeness (QED) is 0.362. The molecule has 2 heterocycles. The first-order valence-electron chi connectivity index (χ1n) is 10.4. The number of halogens is 2. The number of anilines is 1. The van der Waals surface area contributed by atoms with E-state index in [0.29, 0.717) is 22.4 Å². The van der Waals surface area contributed by atoms with E-state index in [0.717, 1.165) is 6.21 Å². The van der Waals surface area contributed by atoms with Crippen molar-refractivity contribution in [2.45, 2.75) is 51.4 Å². The highest BCUT2D eigenvalue weighted by molar-refractivity contribution is 5.88. The molecule has 0 bridgehead atoms. The minimum absolute atomic E-state index is 0.0730. The van der Waals surface area contributed by atoms with Crippen LogP contribution in [0.2, 0.25) is 0 Å². The van der Waals surface area contributed by atoms with Crippen molar-refractivity contribution in [2.24, 2.45) is 0 Å². The van der Waals surface area contributed by atoms with E-state index in [4.69, 9.17) is 11.1 Å². The van der Waals surface area contributed by atoms with Crippen molar-refractivity contribution in [1.82, 2.24) is 15.2 Å². The SMILES string of the molecule is CC(=O)N1C[C@H](F)C[C@H]1C(=O)NC(c1ccc(C=N)c(N)c1)c1ccc(C(C)C)c(F)n1. The maximum absolute atomic E-state index is 14.7. The molecule has 0 spiro atoms. The van der Waals surface area contributed by atoms with E-state index < -0.39 is 36.0 Å². The number of nitrogens with zero attached hydrogens (tertiary/aromatic N) is 2. The van der Waals surface area contributed by atoms with Crippen molar-refractivity contribution >= 4 is 23.7 Å². The number of nitrogens with one attached hydrogen (secondary N) is 2. The summed E-state index contributed by atoms with van der Waals surface area (Å²) in [5.41, 5.74) is 8.02. The molecule has 1 saturated heterocycles. The minimum atomic E-state index is -1.29. The van der Waals surface area contributed by atoms with Crippen LogP contribution >= 0.6 is 0 Å². The number of carbonyl (C=O) groups is 2. The van der Waals surface area contributed by atoms with E-state index in [-0.39, 0.29) is 24.6 Å². The predicted octanol–water partition coefficient (Wildman–Crippen LogP) is 3.09. The summed E-state index contributed by atoms with van der Waals surface area (Å²) in [4.78, 5) is 30.2. The second kappa shape index (κ2) is 9.42. The van der Waals surface area contributed by atoms with Crippen LogP contribution in [0.3, 0.4) is 0 Å². The molecule has 3 rings (SSSR count). The zero-order valence-electron chi connectivity index (χ0n) is 18.2. The molecular weight excluding hydrogens is 416 g/mol. The Kier molecular flexibility index (Phi) is 6.86. The highest BCUT2D eigenvalue weighted by Crippen LogP contribution is 2.28. The summed E-state index contributed by atoms with van der Waals surface area (Å²) in [7, 11) is 0. The van der Waals surface area contributed by atoms with Crippen LogP contribution in [0.5, 0.6) is 0 Å². The summed E-state index contributed by atoms with van der Waals surface area (Å²) in [6.45, 7) is 4.84. The Hall–Kier alpha value is -3.36. The lowest BCUT2D eigenvalue weighted by atomic mass is 9.98. The van der Waals surface area contributed by atoms with E-state index in [1.54, 1.807) is 30.3 Å². The van der Waals surface area contributed by atoms with Gasteiger partial charge in [0.15, 0.2) is 0 Å². The van der Waals surface area contributed by atoms with Gasteiger partial charge in [-0.2, -0.15) is 4.39 Å². The monoisotopic (exact) mass is 443 g/mol. The molecule has 170 valence electrons. The van der Waals surface area contributed by atoms with Crippen molar-refractivity contribution in [1.29, 1.82) is 5.41 Å². The number of aromatic nitrogens is 1. The summed E-state index contributed by atoms with van der Waals surface area (Å²) < 4.78 is 28.6. The van der Waals surface area contributed by atoms with Crippen molar-refractivity contribution < 1.29 is 18.4 Å². The van der Waals surface area contributed by atoms with Gasteiger partial charge < -0.3 is 21.4 Å². The highest BCUT2D eigenvalue weighted by Gasteiger charge is 2.39. The number of carbonyl (C=O) groups excluding carboxylic acids is 2. The first kappa shape index (κ1) is 23.3. The van der Waals surface area contributed by atoms with Crippen LogP contribution < -0.4 is 11.1 Å². The zero-order chi connectivity index (χ0) is 23.6. The average Bonchev–Trinajstić information content (AvgIpc) is 3.13. The van der Waals surface area contributed by atoms with E-state index in [1.165, 1.54) is 11.8 Å². The van der Waals surface area contributed by atoms with E-state index in [1.807, 2.05) is 13.8 Å².